The molecule has 0 fully saturated rings. The fourth-order valence-electron chi connectivity index (χ4n) is 1.37. The van der Waals surface area contributed by atoms with Gasteiger partial charge in [-0.15, -0.1) is 0 Å². The first-order valence-electron chi connectivity index (χ1n) is 3.49. The molecule has 2 heterocycles. The lowest BCUT2D eigenvalue weighted by molar-refractivity contribution is 0.388. The van der Waals surface area contributed by atoms with Crippen LogP contribution in [0.25, 0.3) is 0 Å². The van der Waals surface area contributed by atoms with Crippen molar-refractivity contribution in [2.75, 3.05) is 0 Å². The van der Waals surface area contributed by atoms with Crippen LogP contribution in [0.1, 0.15) is 13.8 Å². The molecule has 0 N–H and O–H groups in total. The Hall–Kier alpha value is -1.05. The summed E-state index contributed by atoms with van der Waals surface area (Å²) in [6.07, 6.45) is 5.77. The Labute approximate surface area is 60.6 Å². The van der Waals surface area contributed by atoms with E-state index in [0.717, 1.165) is 0 Å². The van der Waals surface area contributed by atoms with Gasteiger partial charge in [-0.05, 0) is 25.5 Å². The average Bonchev–Trinajstić information content (AvgIpc) is 2.03. The largest absolute Gasteiger partial charge is 0.325 e. The van der Waals surface area contributed by atoms with Crippen LogP contribution in [0.5, 0.6) is 0 Å². The Balaban J connectivity index is 2.40. The van der Waals surface area contributed by atoms with E-state index < -0.39 is 0 Å². The first-order valence-corrected chi connectivity index (χ1v) is 3.49. The van der Waals surface area contributed by atoms with Gasteiger partial charge >= 0.3 is 0 Å². The first-order chi connectivity index (χ1) is 4.80. The van der Waals surface area contributed by atoms with Crippen molar-refractivity contribution < 1.29 is 0 Å². The van der Waals surface area contributed by atoms with Gasteiger partial charge in [-0.1, -0.05) is 0 Å². The van der Waals surface area contributed by atoms with E-state index in [0.29, 0.717) is 6.04 Å². The molecule has 0 saturated heterocycles. The second-order valence-corrected chi connectivity index (χ2v) is 2.73. The maximum absolute atomic E-state index is 4.03. The molecule has 0 aromatic heterocycles. The minimum atomic E-state index is 0.559. The van der Waals surface area contributed by atoms with E-state index in [4.69, 9.17) is 0 Å². The van der Waals surface area contributed by atoms with Crippen LogP contribution in [-0.2, 0) is 0 Å². The van der Waals surface area contributed by atoms with Gasteiger partial charge < -0.3 is 4.90 Å². The molecule has 1 atom stereocenters. The number of nitrogens with zero attached hydrogens (tertiary/aromatic N) is 2. The van der Waals surface area contributed by atoms with Crippen LogP contribution in [0.4, 0.5) is 0 Å². The maximum atomic E-state index is 4.03. The Bertz CT molecular complexity index is 248. The van der Waals surface area contributed by atoms with Crippen LogP contribution in [0, 0.1) is 0 Å². The van der Waals surface area contributed by atoms with Crippen LogP contribution in [0.2, 0.25) is 0 Å². The Morgan fingerprint density at radius 2 is 2.40 bits per heavy atom. The van der Waals surface area contributed by atoms with Crippen molar-refractivity contribution in [3.8, 4) is 0 Å². The summed E-state index contributed by atoms with van der Waals surface area (Å²) < 4.78 is 0. The number of hydrogen-bond donors (Lipinski definition) is 0. The van der Waals surface area contributed by atoms with Gasteiger partial charge in [0.1, 0.15) is 0 Å². The third-order valence-corrected chi connectivity index (χ3v) is 2.24. The summed E-state index contributed by atoms with van der Waals surface area (Å²) in [5.74, 6) is 0. The zero-order valence-electron chi connectivity index (χ0n) is 6.20. The zero-order valence-corrected chi connectivity index (χ0v) is 6.20. The molecule has 0 amide bonds. The minimum Gasteiger partial charge on any atom is -0.325 e. The molecule has 0 radical (unpaired) electrons. The standard InChI is InChI=1S/C8H10N2/c1-6-7(2)10-5-9-4-3-8(6)10/h3-5,7H,1-2H3. The highest BCUT2D eigenvalue weighted by Crippen LogP contribution is 2.31. The van der Waals surface area contributed by atoms with E-state index in [1.54, 1.807) is 0 Å². The van der Waals surface area contributed by atoms with Crippen molar-refractivity contribution in [1.29, 1.82) is 0 Å². The third kappa shape index (κ3) is 0.511. The predicted molar refractivity (Wildman–Crippen MR) is 41.6 cm³/mol. The molecule has 2 rings (SSSR count). The van der Waals surface area contributed by atoms with Gasteiger partial charge in [0, 0.05) is 11.9 Å². The number of allylic oxidation sites excluding steroid dienone is 1. The van der Waals surface area contributed by atoms with Gasteiger partial charge in [0.25, 0.3) is 0 Å². The van der Waals surface area contributed by atoms with E-state index in [9.17, 15) is 0 Å². The summed E-state index contributed by atoms with van der Waals surface area (Å²) in [6.45, 7) is 4.35. The highest BCUT2D eigenvalue weighted by molar-refractivity contribution is 5.68. The monoisotopic (exact) mass is 134 g/mol. The van der Waals surface area contributed by atoms with Crippen molar-refractivity contribution in [3.63, 3.8) is 0 Å². The molecule has 2 heteroatoms. The normalized spacial score (nSPS) is 28.6. The molecule has 52 valence electrons. The van der Waals surface area contributed by atoms with Gasteiger partial charge in [0.05, 0.1) is 12.4 Å². The van der Waals surface area contributed by atoms with Gasteiger partial charge in [0.2, 0.25) is 0 Å². The fourth-order valence-corrected chi connectivity index (χ4v) is 1.37. The molecule has 0 aromatic rings. The zero-order chi connectivity index (χ0) is 7.14. The Morgan fingerprint density at radius 3 is 3.10 bits per heavy atom. The molecule has 2 aliphatic heterocycles. The van der Waals surface area contributed by atoms with E-state index in [1.165, 1.54) is 11.3 Å². The van der Waals surface area contributed by atoms with Crippen LogP contribution < -0.4 is 0 Å². The molecule has 0 bridgehead atoms. The number of aliphatic imine (C=N–C) groups is 1. The number of fused-ring (bicyclic) bond motifs is 1. The topological polar surface area (TPSA) is 15.6 Å². The van der Waals surface area contributed by atoms with Crippen LogP contribution >= 0.6 is 0 Å². The molecule has 0 saturated carbocycles. The summed E-state index contributed by atoms with van der Waals surface area (Å²) in [5.41, 5.74) is 2.78. The Morgan fingerprint density at radius 1 is 1.60 bits per heavy atom. The maximum Gasteiger partial charge on any atom is 0.0955 e. The van der Waals surface area contributed by atoms with Crippen molar-refractivity contribution in [2.45, 2.75) is 19.9 Å². The summed E-state index contributed by atoms with van der Waals surface area (Å²) in [5, 5.41) is 0. The minimum absolute atomic E-state index is 0.559. The second-order valence-electron chi connectivity index (χ2n) is 2.73. The van der Waals surface area contributed by atoms with E-state index >= 15 is 0 Å². The molecular formula is C8H10N2. The van der Waals surface area contributed by atoms with Gasteiger partial charge in [0.15, 0.2) is 0 Å². The first kappa shape index (κ1) is 5.71. The molecule has 0 aromatic carbocycles. The molecule has 2 nitrogen and oxygen atoms in total. The van der Waals surface area contributed by atoms with Gasteiger partial charge in [-0.2, -0.15) is 0 Å². The number of hydrogen-bond acceptors (Lipinski definition) is 2. The van der Waals surface area contributed by atoms with E-state index in [2.05, 4.69) is 29.8 Å². The van der Waals surface area contributed by atoms with Crippen LogP contribution in [0.15, 0.2) is 28.5 Å². The molecule has 2 aliphatic rings. The lowest BCUT2D eigenvalue weighted by Gasteiger charge is -2.40. The smallest absolute Gasteiger partial charge is 0.0955 e. The summed E-state index contributed by atoms with van der Waals surface area (Å²) in [7, 11) is 0. The van der Waals surface area contributed by atoms with Crippen molar-refractivity contribution in [1.82, 2.24) is 4.90 Å². The average molecular weight is 134 g/mol. The number of rotatable bonds is 0. The lowest BCUT2D eigenvalue weighted by atomic mass is 9.96. The van der Waals surface area contributed by atoms with E-state index in [-0.39, 0.29) is 0 Å². The third-order valence-electron chi connectivity index (χ3n) is 2.24. The SMILES string of the molecule is CC1=C2C=CN=CN2C1C. The predicted octanol–water partition coefficient (Wildman–Crippen LogP) is 1.52. The fraction of sp³-hybridized carbons (Fsp3) is 0.375. The second kappa shape index (κ2) is 1.72. The van der Waals surface area contributed by atoms with Crippen molar-refractivity contribution >= 4 is 6.34 Å². The quantitative estimate of drug-likeness (QED) is 0.490. The molecular weight excluding hydrogens is 124 g/mol. The highest BCUT2D eigenvalue weighted by atomic mass is 15.2. The van der Waals surface area contributed by atoms with Crippen LogP contribution in [-0.4, -0.2) is 17.3 Å². The molecule has 10 heavy (non-hydrogen) atoms. The van der Waals surface area contributed by atoms with Crippen LogP contribution in [0.3, 0.4) is 0 Å². The Kier molecular flexibility index (Phi) is 0.982. The molecule has 0 spiro atoms. The summed E-state index contributed by atoms with van der Waals surface area (Å²) in [4.78, 5) is 6.21. The summed E-state index contributed by atoms with van der Waals surface area (Å²) in [6, 6.07) is 0.559. The van der Waals surface area contributed by atoms with Gasteiger partial charge in [-0.25, -0.2) is 4.99 Å². The molecule has 0 aliphatic carbocycles. The highest BCUT2D eigenvalue weighted by Gasteiger charge is 2.28. The van der Waals surface area contributed by atoms with Crippen molar-refractivity contribution in [2.24, 2.45) is 4.99 Å². The lowest BCUT2D eigenvalue weighted by Crippen LogP contribution is -2.42. The molecule has 1 unspecified atom stereocenters. The van der Waals surface area contributed by atoms with E-state index in [1.807, 2.05) is 12.5 Å². The van der Waals surface area contributed by atoms with Crippen molar-refractivity contribution in [3.05, 3.63) is 23.5 Å². The summed E-state index contributed by atoms with van der Waals surface area (Å²) >= 11 is 0. The van der Waals surface area contributed by atoms with Gasteiger partial charge in [-0.3, -0.25) is 0 Å².